The SMILES string of the molecule is COCCC(C)n1ccc2c(Cl)cccc21. The van der Waals surface area contributed by atoms with Gasteiger partial charge in [-0.05, 0) is 31.5 Å². The lowest BCUT2D eigenvalue weighted by Gasteiger charge is -2.14. The fraction of sp³-hybridized carbons (Fsp3) is 0.385. The minimum absolute atomic E-state index is 0.427. The number of benzene rings is 1. The van der Waals surface area contributed by atoms with E-state index in [1.807, 2.05) is 12.1 Å². The number of halogens is 1. The molecule has 3 heteroatoms. The van der Waals surface area contributed by atoms with Crippen molar-refractivity contribution in [3.05, 3.63) is 35.5 Å². The summed E-state index contributed by atoms with van der Waals surface area (Å²) in [6, 6.07) is 8.51. The number of rotatable bonds is 4. The molecule has 0 aliphatic carbocycles. The zero-order valence-corrected chi connectivity index (χ0v) is 10.4. The quantitative estimate of drug-likeness (QED) is 0.787. The molecule has 1 heterocycles. The molecular formula is C13H16ClNO. The summed E-state index contributed by atoms with van der Waals surface area (Å²) in [5.74, 6) is 0. The van der Waals surface area contributed by atoms with Crippen LogP contribution < -0.4 is 0 Å². The number of methoxy groups -OCH3 is 1. The molecule has 0 saturated carbocycles. The van der Waals surface area contributed by atoms with Crippen molar-refractivity contribution in [3.63, 3.8) is 0 Å². The Bertz CT molecular complexity index is 478. The number of hydrogen-bond donors (Lipinski definition) is 0. The third-order valence-electron chi connectivity index (χ3n) is 2.92. The van der Waals surface area contributed by atoms with E-state index in [2.05, 4.69) is 29.8 Å². The van der Waals surface area contributed by atoms with Crippen LogP contribution in [0.5, 0.6) is 0 Å². The first-order chi connectivity index (χ1) is 7.74. The van der Waals surface area contributed by atoms with E-state index in [0.717, 1.165) is 23.4 Å². The molecule has 0 amide bonds. The van der Waals surface area contributed by atoms with Gasteiger partial charge in [0.2, 0.25) is 0 Å². The molecule has 1 aromatic carbocycles. The normalized spacial score (nSPS) is 13.2. The summed E-state index contributed by atoms with van der Waals surface area (Å²) >= 11 is 6.14. The van der Waals surface area contributed by atoms with Crippen LogP contribution in [0, 0.1) is 0 Å². The predicted octanol–water partition coefficient (Wildman–Crippen LogP) is 3.89. The van der Waals surface area contributed by atoms with Crippen LogP contribution >= 0.6 is 11.6 Å². The van der Waals surface area contributed by atoms with Gasteiger partial charge in [0.25, 0.3) is 0 Å². The first-order valence-corrected chi connectivity index (χ1v) is 5.86. The lowest BCUT2D eigenvalue weighted by molar-refractivity contribution is 0.182. The van der Waals surface area contributed by atoms with E-state index in [-0.39, 0.29) is 0 Å². The highest BCUT2D eigenvalue weighted by Gasteiger charge is 2.09. The Kier molecular flexibility index (Phi) is 3.52. The zero-order valence-electron chi connectivity index (χ0n) is 9.61. The average molecular weight is 238 g/mol. The molecule has 0 spiro atoms. The van der Waals surface area contributed by atoms with Crippen molar-refractivity contribution in [2.24, 2.45) is 0 Å². The summed E-state index contributed by atoms with van der Waals surface area (Å²) < 4.78 is 7.36. The lowest BCUT2D eigenvalue weighted by Crippen LogP contribution is -2.06. The molecule has 2 rings (SSSR count). The van der Waals surface area contributed by atoms with E-state index in [9.17, 15) is 0 Å². The van der Waals surface area contributed by atoms with Gasteiger partial charge in [-0.2, -0.15) is 0 Å². The van der Waals surface area contributed by atoms with E-state index in [4.69, 9.17) is 16.3 Å². The molecule has 0 aliphatic heterocycles. The fourth-order valence-electron chi connectivity index (χ4n) is 1.96. The van der Waals surface area contributed by atoms with Crippen LogP contribution in [0.25, 0.3) is 10.9 Å². The van der Waals surface area contributed by atoms with Gasteiger partial charge in [0.1, 0.15) is 0 Å². The van der Waals surface area contributed by atoms with Gasteiger partial charge in [0.05, 0.1) is 0 Å². The lowest BCUT2D eigenvalue weighted by atomic mass is 10.2. The van der Waals surface area contributed by atoms with Gasteiger partial charge in [0, 0.05) is 41.9 Å². The molecule has 0 fully saturated rings. The minimum Gasteiger partial charge on any atom is -0.385 e. The molecular weight excluding hydrogens is 222 g/mol. The Hall–Kier alpha value is -0.990. The molecule has 86 valence electrons. The van der Waals surface area contributed by atoms with Gasteiger partial charge in [0.15, 0.2) is 0 Å². The second-order valence-corrected chi connectivity index (χ2v) is 4.43. The molecule has 1 aromatic heterocycles. The van der Waals surface area contributed by atoms with Crippen LogP contribution in [0.2, 0.25) is 5.02 Å². The standard InChI is InChI=1S/C13H16ClNO/c1-10(7-9-16-2)15-8-6-11-12(14)4-3-5-13(11)15/h3-6,8,10H,7,9H2,1-2H3. The number of ether oxygens (including phenoxy) is 1. The summed E-state index contributed by atoms with van der Waals surface area (Å²) in [5.41, 5.74) is 1.19. The fourth-order valence-corrected chi connectivity index (χ4v) is 2.20. The third-order valence-corrected chi connectivity index (χ3v) is 3.25. The van der Waals surface area contributed by atoms with E-state index < -0.39 is 0 Å². The topological polar surface area (TPSA) is 14.2 Å². The summed E-state index contributed by atoms with van der Waals surface area (Å²) in [5, 5.41) is 1.93. The summed E-state index contributed by atoms with van der Waals surface area (Å²) in [7, 11) is 1.73. The van der Waals surface area contributed by atoms with E-state index in [0.29, 0.717) is 6.04 Å². The van der Waals surface area contributed by atoms with Gasteiger partial charge < -0.3 is 9.30 Å². The number of hydrogen-bond acceptors (Lipinski definition) is 1. The van der Waals surface area contributed by atoms with Crippen LogP contribution in [0.4, 0.5) is 0 Å². The van der Waals surface area contributed by atoms with Gasteiger partial charge in [-0.25, -0.2) is 0 Å². The van der Waals surface area contributed by atoms with Gasteiger partial charge >= 0.3 is 0 Å². The molecule has 0 aliphatic rings. The summed E-state index contributed by atoms with van der Waals surface area (Å²) in [6.07, 6.45) is 3.10. The van der Waals surface area contributed by atoms with Crippen molar-refractivity contribution >= 4 is 22.5 Å². The predicted molar refractivity (Wildman–Crippen MR) is 68.2 cm³/mol. The van der Waals surface area contributed by atoms with Crippen LogP contribution in [0.15, 0.2) is 30.5 Å². The number of nitrogens with zero attached hydrogens (tertiary/aromatic N) is 1. The highest BCUT2D eigenvalue weighted by molar-refractivity contribution is 6.35. The van der Waals surface area contributed by atoms with Gasteiger partial charge in [-0.3, -0.25) is 0 Å². The van der Waals surface area contributed by atoms with E-state index >= 15 is 0 Å². The smallest absolute Gasteiger partial charge is 0.0499 e. The van der Waals surface area contributed by atoms with Crippen molar-refractivity contribution in [3.8, 4) is 0 Å². The van der Waals surface area contributed by atoms with Crippen LogP contribution in [-0.4, -0.2) is 18.3 Å². The monoisotopic (exact) mass is 237 g/mol. The Morgan fingerprint density at radius 3 is 2.94 bits per heavy atom. The molecule has 0 bridgehead atoms. The first-order valence-electron chi connectivity index (χ1n) is 5.48. The summed E-state index contributed by atoms with van der Waals surface area (Å²) in [6.45, 7) is 2.97. The Morgan fingerprint density at radius 2 is 2.19 bits per heavy atom. The highest BCUT2D eigenvalue weighted by Crippen LogP contribution is 2.27. The molecule has 2 aromatic rings. The van der Waals surface area contributed by atoms with Crippen LogP contribution in [0.1, 0.15) is 19.4 Å². The summed E-state index contributed by atoms with van der Waals surface area (Å²) in [4.78, 5) is 0. The zero-order chi connectivity index (χ0) is 11.5. The molecule has 1 unspecified atom stereocenters. The maximum Gasteiger partial charge on any atom is 0.0499 e. The van der Waals surface area contributed by atoms with Crippen molar-refractivity contribution < 1.29 is 4.74 Å². The Labute approximate surface area is 101 Å². The van der Waals surface area contributed by atoms with Crippen molar-refractivity contribution in [1.82, 2.24) is 4.57 Å². The molecule has 0 N–H and O–H groups in total. The third kappa shape index (κ3) is 2.08. The highest BCUT2D eigenvalue weighted by atomic mass is 35.5. The second-order valence-electron chi connectivity index (χ2n) is 4.03. The van der Waals surface area contributed by atoms with Crippen molar-refractivity contribution in [2.75, 3.05) is 13.7 Å². The Balaban J connectivity index is 2.34. The van der Waals surface area contributed by atoms with Crippen molar-refractivity contribution in [1.29, 1.82) is 0 Å². The molecule has 0 radical (unpaired) electrons. The average Bonchev–Trinajstić information content (AvgIpc) is 2.71. The van der Waals surface area contributed by atoms with Gasteiger partial charge in [-0.1, -0.05) is 17.7 Å². The Morgan fingerprint density at radius 1 is 1.38 bits per heavy atom. The first kappa shape index (κ1) is 11.5. The van der Waals surface area contributed by atoms with Gasteiger partial charge in [-0.15, -0.1) is 0 Å². The molecule has 0 saturated heterocycles. The minimum atomic E-state index is 0.427. The van der Waals surface area contributed by atoms with E-state index in [1.54, 1.807) is 7.11 Å². The number of aromatic nitrogens is 1. The maximum atomic E-state index is 6.14. The van der Waals surface area contributed by atoms with Crippen molar-refractivity contribution in [2.45, 2.75) is 19.4 Å². The molecule has 2 nitrogen and oxygen atoms in total. The largest absolute Gasteiger partial charge is 0.385 e. The number of fused-ring (bicyclic) bond motifs is 1. The van der Waals surface area contributed by atoms with Crippen LogP contribution in [0.3, 0.4) is 0 Å². The second kappa shape index (κ2) is 4.89. The molecule has 1 atom stereocenters. The van der Waals surface area contributed by atoms with E-state index in [1.165, 1.54) is 5.52 Å². The molecule has 16 heavy (non-hydrogen) atoms. The maximum absolute atomic E-state index is 6.14. The van der Waals surface area contributed by atoms with Crippen LogP contribution in [-0.2, 0) is 4.74 Å².